The van der Waals surface area contributed by atoms with Crippen LogP contribution in [0.15, 0.2) is 0 Å². The lowest BCUT2D eigenvalue weighted by Crippen LogP contribution is -2.57. The van der Waals surface area contributed by atoms with Gasteiger partial charge in [-0.2, -0.15) is 12.6 Å². The summed E-state index contributed by atoms with van der Waals surface area (Å²) in [6, 6.07) is -4.57. The largest absolute Gasteiger partial charge is 0.481 e. The van der Waals surface area contributed by atoms with Crippen LogP contribution in [0.25, 0.3) is 0 Å². The van der Waals surface area contributed by atoms with Crippen LogP contribution in [-0.4, -0.2) is 82.9 Å². The van der Waals surface area contributed by atoms with Gasteiger partial charge in [-0.25, -0.2) is 4.79 Å². The molecule has 0 aliphatic rings. The number of carboxylic acid groups (broad SMARTS) is 2. The molecule has 0 rings (SSSR count). The average Bonchev–Trinajstić information content (AvgIpc) is 2.78. The van der Waals surface area contributed by atoms with Crippen molar-refractivity contribution in [2.24, 2.45) is 17.2 Å². The predicted molar refractivity (Wildman–Crippen MR) is 128 cm³/mol. The predicted octanol–water partition coefficient (Wildman–Crippen LogP) is -2.09. The number of nitrogens with one attached hydrogen (secondary N) is 3. The summed E-state index contributed by atoms with van der Waals surface area (Å²) in [5.41, 5.74) is 16.6. The van der Waals surface area contributed by atoms with E-state index in [1.807, 2.05) is 0 Å². The Morgan fingerprint density at radius 3 is 1.71 bits per heavy atom. The summed E-state index contributed by atoms with van der Waals surface area (Å²) in [7, 11) is 0. The number of thiol groups is 1. The highest BCUT2D eigenvalue weighted by Gasteiger charge is 2.30. The van der Waals surface area contributed by atoms with E-state index in [2.05, 4.69) is 28.6 Å². The number of carbonyl (C=O) groups excluding carboxylic acids is 3. The van der Waals surface area contributed by atoms with E-state index in [9.17, 15) is 29.1 Å². The molecule has 0 spiro atoms. The molecule has 0 aromatic heterocycles. The maximum atomic E-state index is 12.7. The molecule has 4 unspecified atom stereocenters. The van der Waals surface area contributed by atoms with Crippen LogP contribution in [0.4, 0.5) is 0 Å². The van der Waals surface area contributed by atoms with Crippen LogP contribution in [-0.2, 0) is 24.0 Å². The van der Waals surface area contributed by atoms with Gasteiger partial charge in [-0.1, -0.05) is 6.42 Å². The van der Waals surface area contributed by atoms with E-state index < -0.39 is 60.2 Å². The molecule has 0 heterocycles. The zero-order valence-electron chi connectivity index (χ0n) is 19.2. The quantitative estimate of drug-likeness (QED) is 0.0683. The normalized spacial score (nSPS) is 14.4. The molecule has 0 bridgehead atoms. The van der Waals surface area contributed by atoms with Gasteiger partial charge in [0.05, 0.1) is 6.04 Å². The van der Waals surface area contributed by atoms with Gasteiger partial charge in [0.25, 0.3) is 0 Å². The third-order valence-corrected chi connectivity index (χ3v) is 5.33. The van der Waals surface area contributed by atoms with Crippen molar-refractivity contribution < 1.29 is 34.2 Å². The van der Waals surface area contributed by atoms with Gasteiger partial charge in [0.15, 0.2) is 0 Å². The standard InChI is InChI=1S/C20H38N6O7S/c21-9-3-1-5-12(23)17(29)26-15(11-34)19(31)24-13(7-8-16(27)28)18(30)25-14(20(32)33)6-2-4-10-22/h12-15,34H,1-11,21-23H2,(H,24,31)(H,25,30)(H,26,29)(H,27,28)(H,32,33). The average molecular weight is 507 g/mol. The van der Waals surface area contributed by atoms with Gasteiger partial charge < -0.3 is 43.4 Å². The highest BCUT2D eigenvalue weighted by atomic mass is 32.1. The third kappa shape index (κ3) is 13.3. The van der Waals surface area contributed by atoms with Crippen LogP contribution in [0.1, 0.15) is 51.4 Å². The van der Waals surface area contributed by atoms with Gasteiger partial charge in [-0.05, 0) is 51.6 Å². The fourth-order valence-electron chi connectivity index (χ4n) is 2.94. The van der Waals surface area contributed by atoms with Crippen LogP contribution in [0.2, 0.25) is 0 Å². The number of hydrogen-bond acceptors (Lipinski definition) is 9. The molecule has 0 saturated carbocycles. The van der Waals surface area contributed by atoms with Crippen LogP contribution in [0.5, 0.6) is 0 Å². The highest BCUT2D eigenvalue weighted by molar-refractivity contribution is 7.80. The maximum Gasteiger partial charge on any atom is 0.326 e. The van der Waals surface area contributed by atoms with E-state index in [1.54, 1.807) is 0 Å². The smallest absolute Gasteiger partial charge is 0.326 e. The lowest BCUT2D eigenvalue weighted by molar-refractivity contribution is -0.143. The van der Waals surface area contributed by atoms with E-state index in [1.165, 1.54) is 0 Å². The number of unbranched alkanes of at least 4 members (excludes halogenated alkanes) is 2. The lowest BCUT2D eigenvalue weighted by atomic mass is 10.1. The molecule has 3 amide bonds. The van der Waals surface area contributed by atoms with Gasteiger partial charge >= 0.3 is 11.9 Å². The summed E-state index contributed by atoms with van der Waals surface area (Å²) < 4.78 is 0. The molecule has 0 radical (unpaired) electrons. The number of hydrogen-bond donors (Lipinski definition) is 9. The van der Waals surface area contributed by atoms with Crippen molar-refractivity contribution in [2.45, 2.75) is 75.5 Å². The van der Waals surface area contributed by atoms with E-state index in [4.69, 9.17) is 22.3 Å². The summed E-state index contributed by atoms with van der Waals surface area (Å²) in [4.78, 5) is 60.1. The van der Waals surface area contributed by atoms with E-state index in [0.717, 1.165) is 0 Å². The number of carboxylic acids is 2. The molecule has 34 heavy (non-hydrogen) atoms. The second-order valence-electron chi connectivity index (χ2n) is 7.81. The first kappa shape index (κ1) is 31.6. The Labute approximate surface area is 204 Å². The zero-order chi connectivity index (χ0) is 26.1. The van der Waals surface area contributed by atoms with Crippen molar-refractivity contribution in [3.8, 4) is 0 Å². The topological polar surface area (TPSA) is 240 Å². The molecule has 11 N–H and O–H groups in total. The van der Waals surface area contributed by atoms with Gasteiger partial charge in [-0.3, -0.25) is 19.2 Å². The molecular weight excluding hydrogens is 468 g/mol. The fourth-order valence-corrected chi connectivity index (χ4v) is 3.20. The molecule has 0 saturated heterocycles. The first-order valence-corrected chi connectivity index (χ1v) is 11.8. The van der Waals surface area contributed by atoms with Crippen molar-refractivity contribution in [2.75, 3.05) is 18.8 Å². The van der Waals surface area contributed by atoms with Gasteiger partial charge in [-0.15, -0.1) is 0 Å². The Hall–Kier alpha value is -2.42. The van der Waals surface area contributed by atoms with Crippen LogP contribution in [0, 0.1) is 0 Å². The van der Waals surface area contributed by atoms with Gasteiger partial charge in [0.2, 0.25) is 17.7 Å². The third-order valence-electron chi connectivity index (χ3n) is 4.96. The Morgan fingerprint density at radius 1 is 0.706 bits per heavy atom. The lowest BCUT2D eigenvalue weighted by Gasteiger charge is -2.24. The number of carbonyl (C=O) groups is 5. The summed E-state index contributed by atoms with van der Waals surface area (Å²) >= 11 is 4.06. The number of nitrogens with two attached hydrogens (primary N) is 3. The van der Waals surface area contributed by atoms with Crippen molar-refractivity contribution in [3.05, 3.63) is 0 Å². The van der Waals surface area contributed by atoms with Crippen LogP contribution < -0.4 is 33.2 Å². The summed E-state index contributed by atoms with van der Waals surface area (Å²) in [6.07, 6.45) is 2.11. The van der Waals surface area contributed by atoms with Crippen molar-refractivity contribution in [1.29, 1.82) is 0 Å². The first-order chi connectivity index (χ1) is 16.1. The molecule has 0 aliphatic heterocycles. The van der Waals surface area contributed by atoms with Crippen LogP contribution >= 0.6 is 12.6 Å². The Kier molecular flexibility index (Phi) is 16.7. The monoisotopic (exact) mass is 506 g/mol. The Bertz CT molecular complexity index is 682. The molecule has 0 aromatic rings. The maximum absolute atomic E-state index is 12.7. The van der Waals surface area contributed by atoms with Crippen molar-refractivity contribution >= 4 is 42.3 Å². The minimum Gasteiger partial charge on any atom is -0.481 e. The molecule has 0 aliphatic carbocycles. The number of aliphatic carboxylic acids is 2. The van der Waals surface area contributed by atoms with E-state index in [0.29, 0.717) is 45.2 Å². The Morgan fingerprint density at radius 2 is 1.21 bits per heavy atom. The SMILES string of the molecule is NCCCCC(N)C(=O)NC(CS)C(=O)NC(CCC(=O)O)C(=O)NC(CCCCN)C(=O)O. The minimum atomic E-state index is -1.34. The molecule has 13 nitrogen and oxygen atoms in total. The van der Waals surface area contributed by atoms with Crippen molar-refractivity contribution in [3.63, 3.8) is 0 Å². The van der Waals surface area contributed by atoms with Crippen molar-refractivity contribution in [1.82, 2.24) is 16.0 Å². The number of rotatable bonds is 19. The Balaban J connectivity index is 5.22. The second kappa shape index (κ2) is 18.0. The molecule has 0 fully saturated rings. The summed E-state index contributed by atoms with van der Waals surface area (Å²) in [5, 5.41) is 25.5. The van der Waals surface area contributed by atoms with E-state index in [-0.39, 0.29) is 18.6 Å². The van der Waals surface area contributed by atoms with E-state index >= 15 is 0 Å². The van der Waals surface area contributed by atoms with Gasteiger partial charge in [0.1, 0.15) is 18.1 Å². The summed E-state index contributed by atoms with van der Waals surface area (Å²) in [6.45, 7) is 0.830. The van der Waals surface area contributed by atoms with Gasteiger partial charge in [0, 0.05) is 12.2 Å². The highest BCUT2D eigenvalue weighted by Crippen LogP contribution is 2.05. The molecular formula is C20H38N6O7S. The fraction of sp³-hybridized carbons (Fsp3) is 0.750. The second-order valence-corrected chi connectivity index (χ2v) is 8.18. The molecule has 4 atom stereocenters. The molecule has 14 heteroatoms. The molecule has 196 valence electrons. The molecule has 0 aromatic carbocycles. The van der Waals surface area contributed by atoms with Crippen LogP contribution in [0.3, 0.4) is 0 Å². The zero-order valence-corrected chi connectivity index (χ0v) is 20.1. The summed E-state index contributed by atoms with van der Waals surface area (Å²) in [5.74, 6) is -4.79. The minimum absolute atomic E-state index is 0.114. The number of amides is 3. The first-order valence-electron chi connectivity index (χ1n) is 11.2.